The van der Waals surface area contributed by atoms with E-state index >= 15 is 0 Å². The fourth-order valence-electron chi connectivity index (χ4n) is 2.56. The number of nitrogens with one attached hydrogen (secondary N) is 1. The SMILES string of the molecule is COc1ccc(S(=O)(=O)NCCOc2cccc3ccccc23)cc1I. The van der Waals surface area contributed by atoms with Crippen LogP contribution in [0.15, 0.2) is 65.6 Å². The van der Waals surface area contributed by atoms with Gasteiger partial charge < -0.3 is 9.47 Å². The maximum absolute atomic E-state index is 12.4. The lowest BCUT2D eigenvalue weighted by atomic mass is 10.1. The Balaban J connectivity index is 1.63. The largest absolute Gasteiger partial charge is 0.496 e. The second kappa shape index (κ2) is 8.24. The van der Waals surface area contributed by atoms with Crippen molar-refractivity contribution in [3.63, 3.8) is 0 Å². The molecular formula is C19H18INO4S. The predicted octanol–water partition coefficient (Wildman–Crippen LogP) is 3.81. The highest BCUT2D eigenvalue weighted by atomic mass is 127. The van der Waals surface area contributed by atoms with E-state index in [0.717, 1.165) is 20.1 Å². The van der Waals surface area contributed by atoms with Gasteiger partial charge in [0.25, 0.3) is 0 Å². The third-order valence-electron chi connectivity index (χ3n) is 3.83. The Morgan fingerprint density at radius 3 is 2.54 bits per heavy atom. The first-order chi connectivity index (χ1) is 12.5. The van der Waals surface area contributed by atoms with Crippen molar-refractivity contribution in [2.45, 2.75) is 4.90 Å². The molecule has 0 fully saturated rings. The van der Waals surface area contributed by atoms with Crippen LogP contribution in [0.2, 0.25) is 0 Å². The Bertz CT molecular complexity index is 1020. The second-order valence-corrected chi connectivity index (χ2v) is 8.45. The van der Waals surface area contributed by atoms with Gasteiger partial charge in [-0.15, -0.1) is 0 Å². The van der Waals surface area contributed by atoms with E-state index in [1.807, 2.05) is 65.1 Å². The summed E-state index contributed by atoms with van der Waals surface area (Å²) in [6.07, 6.45) is 0. The van der Waals surface area contributed by atoms with Crippen molar-refractivity contribution in [1.82, 2.24) is 4.72 Å². The predicted molar refractivity (Wildman–Crippen MR) is 110 cm³/mol. The van der Waals surface area contributed by atoms with Crippen molar-refractivity contribution in [3.8, 4) is 11.5 Å². The topological polar surface area (TPSA) is 64.6 Å². The van der Waals surface area contributed by atoms with E-state index in [-0.39, 0.29) is 18.0 Å². The monoisotopic (exact) mass is 483 g/mol. The molecule has 0 aliphatic rings. The third kappa shape index (κ3) is 4.28. The maximum Gasteiger partial charge on any atom is 0.240 e. The minimum atomic E-state index is -3.60. The molecule has 3 rings (SSSR count). The van der Waals surface area contributed by atoms with Gasteiger partial charge in [-0.1, -0.05) is 36.4 Å². The van der Waals surface area contributed by atoms with Crippen LogP contribution < -0.4 is 14.2 Å². The van der Waals surface area contributed by atoms with Crippen LogP contribution in [0.1, 0.15) is 0 Å². The van der Waals surface area contributed by atoms with Crippen LogP contribution in [0.4, 0.5) is 0 Å². The molecule has 0 bridgehead atoms. The number of hydrogen-bond donors (Lipinski definition) is 1. The summed E-state index contributed by atoms with van der Waals surface area (Å²) in [5, 5.41) is 2.08. The van der Waals surface area contributed by atoms with Crippen LogP contribution in [-0.4, -0.2) is 28.7 Å². The van der Waals surface area contributed by atoms with Gasteiger partial charge in [-0.05, 0) is 52.2 Å². The lowest BCUT2D eigenvalue weighted by Gasteiger charge is -2.11. The highest BCUT2D eigenvalue weighted by Gasteiger charge is 2.15. The first-order valence-corrected chi connectivity index (χ1v) is 10.5. The lowest BCUT2D eigenvalue weighted by Crippen LogP contribution is -2.28. The molecule has 0 aliphatic carbocycles. The lowest BCUT2D eigenvalue weighted by molar-refractivity contribution is 0.326. The summed E-state index contributed by atoms with van der Waals surface area (Å²) in [6, 6.07) is 18.5. The summed E-state index contributed by atoms with van der Waals surface area (Å²) in [4.78, 5) is 0.202. The summed E-state index contributed by atoms with van der Waals surface area (Å²) >= 11 is 2.04. The summed E-state index contributed by atoms with van der Waals surface area (Å²) in [5.74, 6) is 1.38. The molecule has 0 aromatic heterocycles. The third-order valence-corrected chi connectivity index (χ3v) is 6.14. The van der Waals surface area contributed by atoms with Crippen molar-refractivity contribution in [3.05, 3.63) is 64.2 Å². The molecule has 0 saturated carbocycles. The normalized spacial score (nSPS) is 11.5. The molecule has 3 aromatic rings. The molecular weight excluding hydrogens is 465 g/mol. The average molecular weight is 483 g/mol. The molecule has 136 valence electrons. The average Bonchev–Trinajstić information content (AvgIpc) is 2.65. The molecule has 0 atom stereocenters. The smallest absolute Gasteiger partial charge is 0.240 e. The molecule has 3 aromatic carbocycles. The van der Waals surface area contributed by atoms with Gasteiger partial charge in [0.05, 0.1) is 15.6 Å². The van der Waals surface area contributed by atoms with Crippen molar-refractivity contribution in [1.29, 1.82) is 0 Å². The van der Waals surface area contributed by atoms with Crippen LogP contribution in [-0.2, 0) is 10.0 Å². The Morgan fingerprint density at radius 2 is 1.77 bits per heavy atom. The zero-order chi connectivity index (χ0) is 18.6. The molecule has 0 heterocycles. The maximum atomic E-state index is 12.4. The van der Waals surface area contributed by atoms with Crippen LogP contribution >= 0.6 is 22.6 Å². The zero-order valence-electron chi connectivity index (χ0n) is 14.1. The molecule has 0 aliphatic heterocycles. The van der Waals surface area contributed by atoms with Gasteiger partial charge in [-0.3, -0.25) is 0 Å². The quantitative estimate of drug-likeness (QED) is 0.410. The Kier molecular flexibility index (Phi) is 6.00. The summed E-state index contributed by atoms with van der Waals surface area (Å²) < 4.78 is 39.0. The van der Waals surface area contributed by atoms with Gasteiger partial charge in [0.15, 0.2) is 0 Å². The molecule has 0 radical (unpaired) electrons. The van der Waals surface area contributed by atoms with E-state index in [1.54, 1.807) is 19.2 Å². The van der Waals surface area contributed by atoms with Crippen molar-refractivity contribution in [2.24, 2.45) is 0 Å². The van der Waals surface area contributed by atoms with Crippen LogP contribution in [0.3, 0.4) is 0 Å². The highest BCUT2D eigenvalue weighted by Crippen LogP contribution is 2.25. The highest BCUT2D eigenvalue weighted by molar-refractivity contribution is 14.1. The van der Waals surface area contributed by atoms with Gasteiger partial charge in [-0.25, -0.2) is 13.1 Å². The molecule has 1 N–H and O–H groups in total. The number of methoxy groups -OCH3 is 1. The zero-order valence-corrected chi connectivity index (χ0v) is 17.1. The number of benzene rings is 3. The second-order valence-electron chi connectivity index (χ2n) is 5.52. The van der Waals surface area contributed by atoms with Crippen molar-refractivity contribution in [2.75, 3.05) is 20.3 Å². The molecule has 0 unspecified atom stereocenters. The van der Waals surface area contributed by atoms with E-state index < -0.39 is 10.0 Å². The first kappa shape index (κ1) is 18.9. The minimum Gasteiger partial charge on any atom is -0.496 e. The van der Waals surface area contributed by atoms with Gasteiger partial charge in [-0.2, -0.15) is 0 Å². The Hall–Kier alpha value is -1.84. The first-order valence-electron chi connectivity index (χ1n) is 7.95. The summed E-state index contributed by atoms with van der Waals surface area (Å²) in [6.45, 7) is 0.411. The van der Waals surface area contributed by atoms with Crippen LogP contribution in [0.5, 0.6) is 11.5 Å². The van der Waals surface area contributed by atoms with E-state index in [4.69, 9.17) is 9.47 Å². The van der Waals surface area contributed by atoms with Crippen molar-refractivity contribution >= 4 is 43.4 Å². The van der Waals surface area contributed by atoms with Gasteiger partial charge in [0.2, 0.25) is 10.0 Å². The van der Waals surface area contributed by atoms with Gasteiger partial charge in [0, 0.05) is 11.9 Å². The standard InChI is InChI=1S/C19H18INO4S/c1-24-19-10-9-15(13-17(19)20)26(22,23)21-11-12-25-18-8-4-6-14-5-2-3-7-16(14)18/h2-10,13,21H,11-12H2,1H3. The number of rotatable bonds is 7. The molecule has 7 heteroatoms. The fourth-order valence-corrected chi connectivity index (χ4v) is 4.54. The van der Waals surface area contributed by atoms with E-state index in [2.05, 4.69) is 4.72 Å². The minimum absolute atomic E-state index is 0.175. The number of ether oxygens (including phenoxy) is 2. The molecule has 0 spiro atoms. The van der Waals surface area contributed by atoms with E-state index in [9.17, 15) is 8.42 Å². The summed E-state index contributed by atoms with van der Waals surface area (Å²) in [7, 11) is -2.04. The van der Waals surface area contributed by atoms with E-state index in [1.165, 1.54) is 6.07 Å². The van der Waals surface area contributed by atoms with Crippen LogP contribution in [0.25, 0.3) is 10.8 Å². The van der Waals surface area contributed by atoms with Crippen LogP contribution in [0, 0.1) is 3.57 Å². The van der Waals surface area contributed by atoms with Gasteiger partial charge in [0.1, 0.15) is 18.1 Å². The number of fused-ring (bicyclic) bond motifs is 1. The molecule has 26 heavy (non-hydrogen) atoms. The Morgan fingerprint density at radius 1 is 1.00 bits per heavy atom. The number of sulfonamides is 1. The van der Waals surface area contributed by atoms with Gasteiger partial charge >= 0.3 is 0 Å². The Labute approximate surface area is 166 Å². The molecule has 0 saturated heterocycles. The number of halogens is 1. The van der Waals surface area contributed by atoms with E-state index in [0.29, 0.717) is 5.75 Å². The fraction of sp³-hybridized carbons (Fsp3) is 0.158. The number of hydrogen-bond acceptors (Lipinski definition) is 4. The summed E-state index contributed by atoms with van der Waals surface area (Å²) in [5.41, 5.74) is 0. The van der Waals surface area contributed by atoms with Crippen molar-refractivity contribution < 1.29 is 17.9 Å². The molecule has 0 amide bonds. The molecule has 5 nitrogen and oxygen atoms in total.